The summed E-state index contributed by atoms with van der Waals surface area (Å²) in [7, 11) is -2.37. The van der Waals surface area contributed by atoms with Crippen LogP contribution < -0.4 is 6.15 Å². The first kappa shape index (κ1) is 12.1. The Labute approximate surface area is 78.2 Å². The SMILES string of the molecule is COS(=O)(=O)c1ccc(C)cc1.[NH4+]. The molecule has 0 unspecified atom stereocenters. The molecule has 0 saturated carbocycles. The summed E-state index contributed by atoms with van der Waals surface area (Å²) in [5, 5.41) is 0. The second kappa shape index (κ2) is 4.36. The van der Waals surface area contributed by atoms with Crippen molar-refractivity contribution in [2.24, 2.45) is 0 Å². The second-order valence-electron chi connectivity index (χ2n) is 2.43. The average molecular weight is 204 g/mol. The fourth-order valence-corrected chi connectivity index (χ4v) is 1.46. The van der Waals surface area contributed by atoms with Gasteiger partial charge in [-0.1, -0.05) is 17.7 Å². The van der Waals surface area contributed by atoms with Crippen LogP contribution in [0.5, 0.6) is 0 Å². The maximum absolute atomic E-state index is 11.1. The quantitative estimate of drug-likeness (QED) is 0.744. The van der Waals surface area contributed by atoms with Crippen LogP contribution in [0.25, 0.3) is 0 Å². The summed E-state index contributed by atoms with van der Waals surface area (Å²) in [6, 6.07) is 6.50. The Balaban J connectivity index is 0.00000144. The van der Waals surface area contributed by atoms with Crippen LogP contribution in [0.4, 0.5) is 0 Å². The molecule has 4 N–H and O–H groups in total. The number of hydrogen-bond acceptors (Lipinski definition) is 3. The molecule has 0 aliphatic rings. The highest BCUT2D eigenvalue weighted by Crippen LogP contribution is 2.11. The van der Waals surface area contributed by atoms with E-state index in [1.54, 1.807) is 12.1 Å². The molecular formula is C8H14NO3S+. The Morgan fingerprint density at radius 3 is 2.00 bits per heavy atom. The Hall–Kier alpha value is -0.910. The molecule has 1 aromatic rings. The molecule has 1 rings (SSSR count). The van der Waals surface area contributed by atoms with Gasteiger partial charge in [0.25, 0.3) is 10.1 Å². The van der Waals surface area contributed by atoms with Crippen molar-refractivity contribution in [3.05, 3.63) is 29.8 Å². The van der Waals surface area contributed by atoms with Crippen molar-refractivity contribution in [1.29, 1.82) is 0 Å². The van der Waals surface area contributed by atoms with Crippen molar-refractivity contribution in [3.8, 4) is 0 Å². The van der Waals surface area contributed by atoms with Crippen molar-refractivity contribution in [1.82, 2.24) is 6.15 Å². The minimum Gasteiger partial charge on any atom is -0.369 e. The van der Waals surface area contributed by atoms with Crippen LogP contribution in [-0.2, 0) is 14.3 Å². The molecule has 0 saturated heterocycles. The third kappa shape index (κ3) is 2.80. The third-order valence-corrected chi connectivity index (χ3v) is 2.82. The Kier molecular flexibility index (Phi) is 4.06. The normalized spacial score (nSPS) is 10.6. The summed E-state index contributed by atoms with van der Waals surface area (Å²) in [4.78, 5) is 0.190. The number of rotatable bonds is 2. The zero-order valence-corrected chi connectivity index (χ0v) is 8.76. The van der Waals surface area contributed by atoms with E-state index in [2.05, 4.69) is 4.18 Å². The van der Waals surface area contributed by atoms with Crippen LogP contribution in [0.2, 0.25) is 0 Å². The van der Waals surface area contributed by atoms with Crippen molar-refractivity contribution in [2.45, 2.75) is 11.8 Å². The standard InChI is InChI=1S/C8H10O3S.H3N/c1-7-3-5-8(6-4-7)12(9,10)11-2;/h3-6H,1-2H3;1H3/p+1. The van der Waals surface area contributed by atoms with Crippen LogP contribution in [0.1, 0.15) is 5.56 Å². The molecule has 0 spiro atoms. The third-order valence-electron chi connectivity index (χ3n) is 1.53. The summed E-state index contributed by atoms with van der Waals surface area (Å²) in [5.41, 5.74) is 1.02. The maximum Gasteiger partial charge on any atom is 0.296 e. The van der Waals surface area contributed by atoms with Gasteiger partial charge in [-0.05, 0) is 19.1 Å². The summed E-state index contributed by atoms with van der Waals surface area (Å²) in [5.74, 6) is 0. The highest BCUT2D eigenvalue weighted by atomic mass is 32.2. The van der Waals surface area contributed by atoms with Gasteiger partial charge in [0.05, 0.1) is 12.0 Å². The van der Waals surface area contributed by atoms with Crippen molar-refractivity contribution < 1.29 is 12.6 Å². The molecule has 0 radical (unpaired) electrons. The highest BCUT2D eigenvalue weighted by Gasteiger charge is 2.10. The molecule has 74 valence electrons. The van der Waals surface area contributed by atoms with Crippen LogP contribution >= 0.6 is 0 Å². The van der Waals surface area contributed by atoms with E-state index in [4.69, 9.17) is 0 Å². The lowest BCUT2D eigenvalue weighted by Crippen LogP contribution is -2.02. The van der Waals surface area contributed by atoms with Gasteiger partial charge in [0.2, 0.25) is 0 Å². The molecule has 0 aromatic heterocycles. The minimum absolute atomic E-state index is 0. The van der Waals surface area contributed by atoms with E-state index in [0.29, 0.717) is 0 Å². The maximum atomic E-state index is 11.1. The molecule has 0 heterocycles. The van der Waals surface area contributed by atoms with Gasteiger partial charge >= 0.3 is 0 Å². The smallest absolute Gasteiger partial charge is 0.296 e. The van der Waals surface area contributed by atoms with Gasteiger partial charge < -0.3 is 6.15 Å². The van der Waals surface area contributed by atoms with Crippen LogP contribution in [0.15, 0.2) is 29.2 Å². The molecule has 0 fully saturated rings. The van der Waals surface area contributed by atoms with E-state index in [9.17, 15) is 8.42 Å². The topological polar surface area (TPSA) is 79.9 Å². The summed E-state index contributed by atoms with van der Waals surface area (Å²) >= 11 is 0. The van der Waals surface area contributed by atoms with E-state index < -0.39 is 10.1 Å². The van der Waals surface area contributed by atoms with E-state index in [1.807, 2.05) is 6.92 Å². The monoisotopic (exact) mass is 204 g/mol. The van der Waals surface area contributed by atoms with Gasteiger partial charge in [-0.2, -0.15) is 8.42 Å². The second-order valence-corrected chi connectivity index (χ2v) is 4.15. The molecule has 5 heteroatoms. The lowest BCUT2D eigenvalue weighted by molar-refractivity contribution is 0.398. The Bertz CT molecular complexity index is 355. The summed E-state index contributed by atoms with van der Waals surface area (Å²) in [6.45, 7) is 1.89. The molecular weight excluding hydrogens is 190 g/mol. The van der Waals surface area contributed by atoms with Gasteiger partial charge in [0, 0.05) is 0 Å². The highest BCUT2D eigenvalue weighted by molar-refractivity contribution is 7.86. The van der Waals surface area contributed by atoms with Gasteiger partial charge in [0.15, 0.2) is 0 Å². The fourth-order valence-electron chi connectivity index (χ4n) is 0.801. The van der Waals surface area contributed by atoms with Crippen LogP contribution in [0.3, 0.4) is 0 Å². The zero-order valence-electron chi connectivity index (χ0n) is 7.94. The number of hydrogen-bond donors (Lipinski definition) is 1. The van der Waals surface area contributed by atoms with E-state index >= 15 is 0 Å². The van der Waals surface area contributed by atoms with E-state index in [0.717, 1.165) is 12.7 Å². The van der Waals surface area contributed by atoms with Gasteiger partial charge in [-0.25, -0.2) is 0 Å². The molecule has 4 nitrogen and oxygen atoms in total. The Morgan fingerprint density at radius 1 is 1.15 bits per heavy atom. The fraction of sp³-hybridized carbons (Fsp3) is 0.250. The molecule has 0 atom stereocenters. The summed E-state index contributed by atoms with van der Waals surface area (Å²) < 4.78 is 26.5. The first-order valence-corrected chi connectivity index (χ1v) is 4.84. The molecule has 0 aliphatic heterocycles. The van der Waals surface area contributed by atoms with Crippen LogP contribution in [0, 0.1) is 6.92 Å². The van der Waals surface area contributed by atoms with Crippen LogP contribution in [-0.4, -0.2) is 15.5 Å². The lowest BCUT2D eigenvalue weighted by atomic mass is 10.2. The molecule has 1 aromatic carbocycles. The molecule has 13 heavy (non-hydrogen) atoms. The first-order valence-electron chi connectivity index (χ1n) is 3.43. The van der Waals surface area contributed by atoms with E-state index in [-0.39, 0.29) is 11.0 Å². The minimum atomic E-state index is -3.51. The largest absolute Gasteiger partial charge is 0.369 e. The van der Waals surface area contributed by atoms with Gasteiger partial charge in [-0.3, -0.25) is 4.18 Å². The predicted molar refractivity (Wildman–Crippen MR) is 51.4 cm³/mol. The summed E-state index contributed by atoms with van der Waals surface area (Å²) in [6.07, 6.45) is 0. The first-order chi connectivity index (χ1) is 5.56. The van der Waals surface area contributed by atoms with E-state index in [1.165, 1.54) is 12.1 Å². The lowest BCUT2D eigenvalue weighted by Gasteiger charge is -2.00. The molecule has 0 amide bonds. The predicted octanol–water partition coefficient (Wildman–Crippen LogP) is 1.71. The molecule has 0 aliphatic carbocycles. The number of quaternary nitrogens is 1. The molecule has 0 bridgehead atoms. The number of benzene rings is 1. The van der Waals surface area contributed by atoms with Gasteiger partial charge in [0.1, 0.15) is 0 Å². The van der Waals surface area contributed by atoms with Gasteiger partial charge in [-0.15, -0.1) is 0 Å². The Morgan fingerprint density at radius 2 is 1.62 bits per heavy atom. The average Bonchev–Trinajstić information content (AvgIpc) is 2.05. The van der Waals surface area contributed by atoms with Crippen molar-refractivity contribution in [2.75, 3.05) is 7.11 Å². The van der Waals surface area contributed by atoms with Crippen molar-refractivity contribution in [3.63, 3.8) is 0 Å². The number of aryl methyl sites for hydroxylation is 1. The zero-order chi connectivity index (χ0) is 9.19. The van der Waals surface area contributed by atoms with Crippen molar-refractivity contribution >= 4 is 10.1 Å².